The number of nitrogens with one attached hydrogen (secondary N) is 1. The second-order valence-corrected chi connectivity index (χ2v) is 9.22. The lowest BCUT2D eigenvalue weighted by Crippen LogP contribution is -2.39. The molecule has 23 heavy (non-hydrogen) atoms. The molecule has 1 amide bonds. The molecule has 0 bridgehead atoms. The molecule has 0 aromatic heterocycles. The zero-order valence-electron chi connectivity index (χ0n) is 15.7. The predicted molar refractivity (Wildman–Crippen MR) is 97.8 cm³/mol. The summed E-state index contributed by atoms with van der Waals surface area (Å²) in [4.78, 5) is 12.4. The van der Waals surface area contributed by atoms with Gasteiger partial charge in [0.05, 0.1) is 0 Å². The van der Waals surface area contributed by atoms with E-state index in [1.54, 1.807) is 0 Å². The van der Waals surface area contributed by atoms with Crippen LogP contribution in [0, 0.1) is 11.3 Å². The van der Waals surface area contributed by atoms with E-state index >= 15 is 0 Å². The molecular formula is C21H33NO. The average molecular weight is 316 g/mol. The molecule has 2 rings (SSSR count). The van der Waals surface area contributed by atoms with Crippen molar-refractivity contribution in [1.82, 2.24) is 5.32 Å². The highest BCUT2D eigenvalue weighted by atomic mass is 16.1. The number of amides is 1. The minimum Gasteiger partial charge on any atom is -0.349 e. The zero-order chi connectivity index (χ0) is 17.3. The Labute approximate surface area is 142 Å². The van der Waals surface area contributed by atoms with E-state index in [0.29, 0.717) is 11.5 Å². The fraction of sp³-hybridized carbons (Fsp3) is 0.667. The van der Waals surface area contributed by atoms with Crippen molar-refractivity contribution >= 4 is 5.91 Å². The maximum atomic E-state index is 12.4. The molecule has 0 aliphatic heterocycles. The lowest BCUT2D eigenvalue weighted by atomic mass is 9.71. The van der Waals surface area contributed by atoms with Crippen LogP contribution in [-0.4, -0.2) is 11.9 Å². The highest BCUT2D eigenvalue weighted by Gasteiger charge is 2.30. The summed E-state index contributed by atoms with van der Waals surface area (Å²) in [5.74, 6) is 0.853. The van der Waals surface area contributed by atoms with Gasteiger partial charge in [0.25, 0.3) is 5.91 Å². The van der Waals surface area contributed by atoms with Gasteiger partial charge in [0.1, 0.15) is 0 Å². The summed E-state index contributed by atoms with van der Waals surface area (Å²) in [6.07, 6.45) is 4.65. The largest absolute Gasteiger partial charge is 0.349 e. The summed E-state index contributed by atoms with van der Waals surface area (Å²) in [6.45, 7) is 13.6. The van der Waals surface area contributed by atoms with Gasteiger partial charge in [0.15, 0.2) is 0 Å². The Morgan fingerprint density at radius 3 is 1.87 bits per heavy atom. The molecule has 0 heterocycles. The van der Waals surface area contributed by atoms with E-state index in [2.05, 4.69) is 59.0 Å². The molecule has 1 aliphatic rings. The Balaban J connectivity index is 1.91. The minimum absolute atomic E-state index is 0.0738. The van der Waals surface area contributed by atoms with Gasteiger partial charge in [-0.3, -0.25) is 4.79 Å². The summed E-state index contributed by atoms with van der Waals surface area (Å²) in [6, 6.07) is 8.40. The highest BCUT2D eigenvalue weighted by Crippen LogP contribution is 2.37. The van der Waals surface area contributed by atoms with Crippen molar-refractivity contribution in [3.8, 4) is 0 Å². The van der Waals surface area contributed by atoms with Gasteiger partial charge in [-0.15, -0.1) is 0 Å². The van der Waals surface area contributed by atoms with Gasteiger partial charge in [-0.25, -0.2) is 0 Å². The van der Waals surface area contributed by atoms with E-state index in [1.165, 1.54) is 18.4 Å². The molecule has 128 valence electrons. The number of hydrogen-bond acceptors (Lipinski definition) is 1. The lowest BCUT2D eigenvalue weighted by molar-refractivity contribution is 0.0904. The smallest absolute Gasteiger partial charge is 0.251 e. The van der Waals surface area contributed by atoms with E-state index in [0.717, 1.165) is 24.3 Å². The Morgan fingerprint density at radius 1 is 0.913 bits per heavy atom. The van der Waals surface area contributed by atoms with Crippen molar-refractivity contribution in [3.05, 3.63) is 35.4 Å². The van der Waals surface area contributed by atoms with Gasteiger partial charge >= 0.3 is 0 Å². The number of carbonyl (C=O) groups is 1. The normalized spacial score (nSPS) is 22.7. The van der Waals surface area contributed by atoms with E-state index in [-0.39, 0.29) is 11.3 Å². The summed E-state index contributed by atoms with van der Waals surface area (Å²) in [7, 11) is 0. The van der Waals surface area contributed by atoms with Gasteiger partial charge < -0.3 is 5.32 Å². The van der Waals surface area contributed by atoms with E-state index in [9.17, 15) is 4.79 Å². The van der Waals surface area contributed by atoms with Crippen LogP contribution in [0.1, 0.15) is 83.1 Å². The maximum Gasteiger partial charge on any atom is 0.251 e. The maximum absolute atomic E-state index is 12.4. The quantitative estimate of drug-likeness (QED) is 0.786. The summed E-state index contributed by atoms with van der Waals surface area (Å²) < 4.78 is 0. The van der Waals surface area contributed by atoms with Crippen molar-refractivity contribution in [1.29, 1.82) is 0 Å². The van der Waals surface area contributed by atoms with Crippen LogP contribution in [0.4, 0.5) is 0 Å². The second-order valence-electron chi connectivity index (χ2n) is 9.22. The van der Waals surface area contributed by atoms with Crippen molar-refractivity contribution in [2.24, 2.45) is 11.3 Å². The molecule has 0 saturated heterocycles. The third-order valence-corrected chi connectivity index (χ3v) is 5.30. The van der Waals surface area contributed by atoms with Gasteiger partial charge in [-0.1, -0.05) is 53.7 Å². The molecule has 1 saturated carbocycles. The lowest BCUT2D eigenvalue weighted by Gasteiger charge is -2.37. The van der Waals surface area contributed by atoms with Gasteiger partial charge in [-0.2, -0.15) is 0 Å². The summed E-state index contributed by atoms with van der Waals surface area (Å²) in [5, 5.41) is 3.23. The summed E-state index contributed by atoms with van der Waals surface area (Å²) >= 11 is 0. The summed E-state index contributed by atoms with van der Waals surface area (Å²) in [5.41, 5.74) is 2.55. The first-order chi connectivity index (χ1) is 10.6. The first kappa shape index (κ1) is 18.0. The number of hydrogen-bond donors (Lipinski definition) is 1. The Morgan fingerprint density at radius 2 is 1.43 bits per heavy atom. The molecule has 0 unspecified atom stereocenters. The van der Waals surface area contributed by atoms with Crippen LogP contribution >= 0.6 is 0 Å². The van der Waals surface area contributed by atoms with Crippen LogP contribution in [0.5, 0.6) is 0 Å². The van der Waals surface area contributed by atoms with Crippen molar-refractivity contribution < 1.29 is 4.79 Å². The molecule has 1 aliphatic carbocycles. The first-order valence-electron chi connectivity index (χ1n) is 8.99. The average Bonchev–Trinajstić information content (AvgIpc) is 2.46. The van der Waals surface area contributed by atoms with Crippen LogP contribution in [-0.2, 0) is 5.41 Å². The van der Waals surface area contributed by atoms with E-state index < -0.39 is 0 Å². The molecule has 1 fully saturated rings. The van der Waals surface area contributed by atoms with E-state index in [1.807, 2.05) is 12.1 Å². The second kappa shape index (κ2) is 6.67. The van der Waals surface area contributed by atoms with Crippen molar-refractivity contribution in [3.63, 3.8) is 0 Å². The zero-order valence-corrected chi connectivity index (χ0v) is 15.7. The Kier molecular flexibility index (Phi) is 5.23. The van der Waals surface area contributed by atoms with Crippen LogP contribution in [0.3, 0.4) is 0 Å². The van der Waals surface area contributed by atoms with Gasteiger partial charge in [0.2, 0.25) is 0 Å². The predicted octanol–water partition coefficient (Wildman–Crippen LogP) is 5.32. The van der Waals surface area contributed by atoms with Gasteiger partial charge in [0, 0.05) is 11.6 Å². The SMILES string of the molecule is CC(C)(C)c1ccc(C(=O)NC2CCC(C(C)(C)C)CC2)cc1. The fourth-order valence-corrected chi connectivity index (χ4v) is 3.49. The van der Waals surface area contributed by atoms with Crippen LogP contribution in [0.15, 0.2) is 24.3 Å². The molecule has 2 heteroatoms. The first-order valence-corrected chi connectivity index (χ1v) is 8.99. The standard InChI is InChI=1S/C21H33NO/c1-20(2,3)16-9-7-15(8-10-16)19(23)22-18-13-11-17(12-14-18)21(4,5)6/h7-10,17-18H,11-14H2,1-6H3,(H,22,23). The number of rotatable bonds is 2. The molecular weight excluding hydrogens is 282 g/mol. The Hall–Kier alpha value is -1.31. The molecule has 0 atom stereocenters. The Bertz CT molecular complexity index is 522. The molecule has 0 spiro atoms. The number of benzene rings is 1. The molecule has 1 aromatic rings. The van der Waals surface area contributed by atoms with Crippen molar-refractivity contribution in [2.75, 3.05) is 0 Å². The molecule has 0 radical (unpaired) electrons. The molecule has 2 nitrogen and oxygen atoms in total. The van der Waals surface area contributed by atoms with Crippen molar-refractivity contribution in [2.45, 2.75) is 78.7 Å². The van der Waals surface area contributed by atoms with Crippen LogP contribution in [0.2, 0.25) is 0 Å². The molecule has 1 N–H and O–H groups in total. The van der Waals surface area contributed by atoms with Crippen LogP contribution in [0.25, 0.3) is 0 Å². The molecule has 1 aromatic carbocycles. The van der Waals surface area contributed by atoms with Crippen LogP contribution < -0.4 is 5.32 Å². The van der Waals surface area contributed by atoms with E-state index in [4.69, 9.17) is 0 Å². The number of carbonyl (C=O) groups excluding carboxylic acids is 1. The topological polar surface area (TPSA) is 29.1 Å². The van der Waals surface area contributed by atoms with Gasteiger partial charge in [-0.05, 0) is 60.1 Å². The monoisotopic (exact) mass is 315 g/mol. The highest BCUT2D eigenvalue weighted by molar-refractivity contribution is 5.94. The third-order valence-electron chi connectivity index (χ3n) is 5.30. The fourth-order valence-electron chi connectivity index (χ4n) is 3.49. The minimum atomic E-state index is 0.0738. The third kappa shape index (κ3) is 4.83.